The monoisotopic (exact) mass is 441 g/mol. The van der Waals surface area contributed by atoms with Gasteiger partial charge in [0.05, 0.1) is 5.92 Å². The molecule has 174 valence electrons. The molecule has 0 bridgehead atoms. The van der Waals surface area contributed by atoms with Gasteiger partial charge in [0, 0.05) is 31.0 Å². The van der Waals surface area contributed by atoms with E-state index < -0.39 is 5.97 Å². The number of hydrogen-bond donors (Lipinski definition) is 2. The van der Waals surface area contributed by atoms with Crippen LogP contribution >= 0.6 is 0 Å². The normalized spacial score (nSPS) is 14.0. The summed E-state index contributed by atoms with van der Waals surface area (Å²) in [6.45, 7) is 7.48. The maximum absolute atomic E-state index is 11.2. The third-order valence-electron chi connectivity index (χ3n) is 5.82. The summed E-state index contributed by atoms with van der Waals surface area (Å²) in [7, 11) is 0. The Hall–Kier alpha value is -2.74. The highest BCUT2D eigenvalue weighted by atomic mass is 16.5. The van der Waals surface area contributed by atoms with Crippen molar-refractivity contribution in [2.45, 2.75) is 52.4 Å². The molecule has 8 heteroatoms. The molecule has 1 aliphatic heterocycles. The first kappa shape index (κ1) is 23.9. The van der Waals surface area contributed by atoms with Gasteiger partial charge >= 0.3 is 5.97 Å². The number of ether oxygens (including phenoxy) is 1. The van der Waals surface area contributed by atoms with Crippen LogP contribution in [0.5, 0.6) is 5.88 Å². The number of nitrogens with zero attached hydrogens (tertiary/aromatic N) is 4. The largest absolute Gasteiger partial charge is 0.481 e. The van der Waals surface area contributed by atoms with E-state index in [1.54, 1.807) is 19.2 Å². The Morgan fingerprint density at radius 1 is 1.22 bits per heavy atom. The fraction of sp³-hybridized carbons (Fsp3) is 0.583. The number of pyridine rings is 1. The van der Waals surface area contributed by atoms with Crippen LogP contribution in [0.1, 0.15) is 49.7 Å². The Morgan fingerprint density at radius 2 is 2.09 bits per heavy atom. The van der Waals surface area contributed by atoms with E-state index in [4.69, 9.17) is 9.72 Å². The average Bonchev–Trinajstić information content (AvgIpc) is 2.79. The van der Waals surface area contributed by atoms with Crippen LogP contribution < -0.4 is 10.1 Å². The Labute approximate surface area is 190 Å². The number of unbranched alkanes of at least 4 members (excludes halogenated alkanes) is 1. The highest BCUT2D eigenvalue weighted by Crippen LogP contribution is 2.20. The molecule has 0 radical (unpaired) electrons. The van der Waals surface area contributed by atoms with Crippen LogP contribution in [0, 0.1) is 12.8 Å². The van der Waals surface area contributed by atoms with Crippen molar-refractivity contribution in [1.82, 2.24) is 19.9 Å². The van der Waals surface area contributed by atoms with Crippen molar-refractivity contribution >= 4 is 11.8 Å². The topological polar surface area (TPSA) is 100 Å². The van der Waals surface area contributed by atoms with Crippen molar-refractivity contribution in [1.29, 1.82) is 0 Å². The summed E-state index contributed by atoms with van der Waals surface area (Å²) in [5, 5.41) is 12.6. The summed E-state index contributed by atoms with van der Waals surface area (Å²) in [5.74, 6) is 1.21. The lowest BCUT2D eigenvalue weighted by atomic mass is 10.1. The SMILES string of the molecule is Cc1nccc(OCCN(CCCCc2ccc3c(n2)NCCC3)CC[C@H](C)C(=O)O)n1. The van der Waals surface area contributed by atoms with Crippen molar-refractivity contribution in [2.75, 3.05) is 38.1 Å². The van der Waals surface area contributed by atoms with Gasteiger partial charge in [0.2, 0.25) is 5.88 Å². The van der Waals surface area contributed by atoms with Crippen LogP contribution in [0.4, 0.5) is 5.82 Å². The Bertz CT molecular complexity index is 876. The first-order valence-electron chi connectivity index (χ1n) is 11.6. The van der Waals surface area contributed by atoms with Gasteiger partial charge in [-0.25, -0.2) is 9.97 Å². The fourth-order valence-electron chi connectivity index (χ4n) is 3.78. The Morgan fingerprint density at radius 3 is 2.91 bits per heavy atom. The number of hydrogen-bond acceptors (Lipinski definition) is 7. The first-order valence-corrected chi connectivity index (χ1v) is 11.6. The molecule has 1 atom stereocenters. The van der Waals surface area contributed by atoms with Crippen molar-refractivity contribution < 1.29 is 14.6 Å². The predicted octanol–water partition coefficient (Wildman–Crippen LogP) is 3.35. The molecule has 1 aliphatic rings. The highest BCUT2D eigenvalue weighted by molar-refractivity contribution is 5.69. The van der Waals surface area contributed by atoms with Crippen molar-refractivity contribution in [2.24, 2.45) is 5.92 Å². The molecule has 2 aromatic heterocycles. The predicted molar refractivity (Wildman–Crippen MR) is 124 cm³/mol. The molecule has 0 amide bonds. The summed E-state index contributed by atoms with van der Waals surface area (Å²) in [4.78, 5) is 26.6. The molecule has 0 saturated heterocycles. The number of aryl methyl sites for hydroxylation is 3. The fourth-order valence-corrected chi connectivity index (χ4v) is 3.78. The minimum atomic E-state index is -0.746. The van der Waals surface area contributed by atoms with Crippen LogP contribution in [-0.4, -0.2) is 63.7 Å². The first-order chi connectivity index (χ1) is 15.5. The quantitative estimate of drug-likeness (QED) is 0.457. The molecule has 32 heavy (non-hydrogen) atoms. The van der Waals surface area contributed by atoms with Crippen molar-refractivity contribution in [3.8, 4) is 5.88 Å². The van der Waals surface area contributed by atoms with E-state index in [0.29, 0.717) is 24.7 Å². The van der Waals surface area contributed by atoms with Gasteiger partial charge in [-0.15, -0.1) is 0 Å². The zero-order chi connectivity index (χ0) is 22.8. The molecule has 8 nitrogen and oxygen atoms in total. The van der Waals surface area contributed by atoms with Crippen molar-refractivity contribution in [3.05, 3.63) is 41.5 Å². The van der Waals surface area contributed by atoms with Gasteiger partial charge in [-0.2, -0.15) is 4.98 Å². The molecular formula is C24H35N5O3. The van der Waals surface area contributed by atoms with Gasteiger partial charge in [-0.3, -0.25) is 9.69 Å². The Kier molecular flexibility index (Phi) is 9.22. The molecule has 3 rings (SSSR count). The van der Waals surface area contributed by atoms with Gasteiger partial charge in [-0.1, -0.05) is 13.0 Å². The van der Waals surface area contributed by atoms with Crippen LogP contribution in [0.15, 0.2) is 24.4 Å². The molecule has 0 fully saturated rings. The highest BCUT2D eigenvalue weighted by Gasteiger charge is 2.14. The number of nitrogens with one attached hydrogen (secondary N) is 1. The summed E-state index contributed by atoms with van der Waals surface area (Å²) < 4.78 is 5.77. The second-order valence-electron chi connectivity index (χ2n) is 8.46. The number of carboxylic acid groups (broad SMARTS) is 1. The number of fused-ring (bicyclic) bond motifs is 1. The number of anilines is 1. The van der Waals surface area contributed by atoms with E-state index in [2.05, 4.69) is 32.3 Å². The van der Waals surface area contributed by atoms with Gasteiger partial charge in [0.15, 0.2) is 0 Å². The van der Waals surface area contributed by atoms with Gasteiger partial charge in [0.25, 0.3) is 0 Å². The zero-order valence-corrected chi connectivity index (χ0v) is 19.2. The molecule has 2 N–H and O–H groups in total. The minimum absolute atomic E-state index is 0.352. The number of carboxylic acids is 1. The lowest BCUT2D eigenvalue weighted by Gasteiger charge is -2.23. The second-order valence-corrected chi connectivity index (χ2v) is 8.46. The van der Waals surface area contributed by atoms with Gasteiger partial charge in [0.1, 0.15) is 18.2 Å². The Balaban J connectivity index is 1.44. The van der Waals surface area contributed by atoms with Crippen LogP contribution in [0.2, 0.25) is 0 Å². The van der Waals surface area contributed by atoms with Gasteiger partial charge < -0.3 is 15.2 Å². The lowest BCUT2D eigenvalue weighted by molar-refractivity contribution is -0.141. The summed E-state index contributed by atoms with van der Waals surface area (Å²) in [6.07, 6.45) is 7.61. The van der Waals surface area contributed by atoms with Crippen molar-refractivity contribution in [3.63, 3.8) is 0 Å². The number of aromatic nitrogens is 3. The zero-order valence-electron chi connectivity index (χ0n) is 19.2. The summed E-state index contributed by atoms with van der Waals surface area (Å²) in [6, 6.07) is 6.11. The second kappa shape index (κ2) is 12.3. The van der Waals surface area contributed by atoms with E-state index in [0.717, 1.165) is 63.4 Å². The van der Waals surface area contributed by atoms with Crippen LogP contribution in [0.3, 0.4) is 0 Å². The molecule has 0 saturated carbocycles. The molecule has 3 heterocycles. The summed E-state index contributed by atoms with van der Waals surface area (Å²) >= 11 is 0. The number of carbonyl (C=O) groups is 1. The van der Waals surface area contributed by atoms with E-state index in [1.807, 2.05) is 6.92 Å². The van der Waals surface area contributed by atoms with Crippen LogP contribution in [-0.2, 0) is 17.6 Å². The third-order valence-corrected chi connectivity index (χ3v) is 5.82. The molecule has 0 spiro atoms. The lowest BCUT2D eigenvalue weighted by Crippen LogP contribution is -2.32. The maximum atomic E-state index is 11.2. The number of aliphatic carboxylic acids is 1. The maximum Gasteiger partial charge on any atom is 0.306 e. The standard InChI is InChI=1S/C24H35N5O3/c1-18(24(30)31)11-15-29(16-17-32-22-10-13-25-19(2)27-22)14-4-3-7-21-9-8-20-6-5-12-26-23(20)28-21/h8-10,13,18H,3-7,11-12,14-17H2,1-2H3,(H,26,28)(H,30,31)/t18-/m0/s1. The minimum Gasteiger partial charge on any atom is -0.481 e. The third kappa shape index (κ3) is 7.75. The van der Waals surface area contributed by atoms with E-state index in [1.165, 1.54) is 12.0 Å². The molecule has 0 unspecified atom stereocenters. The molecule has 0 aromatic carbocycles. The number of rotatable bonds is 13. The van der Waals surface area contributed by atoms with E-state index >= 15 is 0 Å². The van der Waals surface area contributed by atoms with Crippen LogP contribution in [0.25, 0.3) is 0 Å². The molecule has 2 aromatic rings. The van der Waals surface area contributed by atoms with E-state index in [9.17, 15) is 9.90 Å². The van der Waals surface area contributed by atoms with Gasteiger partial charge in [-0.05, 0) is 70.2 Å². The van der Waals surface area contributed by atoms with E-state index in [-0.39, 0.29) is 5.92 Å². The average molecular weight is 442 g/mol. The molecular weight excluding hydrogens is 406 g/mol. The molecule has 0 aliphatic carbocycles. The summed E-state index contributed by atoms with van der Waals surface area (Å²) in [5.41, 5.74) is 2.45. The smallest absolute Gasteiger partial charge is 0.306 e.